The molecule has 1 aromatic rings. The first-order valence-corrected chi connectivity index (χ1v) is 5.69. The molecule has 0 atom stereocenters. The topological polar surface area (TPSA) is 46.0 Å². The highest BCUT2D eigenvalue weighted by Gasteiger charge is 2.04. The molecule has 1 N–H and O–H groups in total. The Morgan fingerprint density at radius 3 is 1.50 bits per heavy atom. The fourth-order valence-corrected chi connectivity index (χ4v) is 1.02. The van der Waals surface area contributed by atoms with E-state index in [0.29, 0.717) is 11.8 Å². The van der Waals surface area contributed by atoms with Crippen LogP contribution < -0.4 is 0 Å². The van der Waals surface area contributed by atoms with Gasteiger partial charge < -0.3 is 5.02 Å². The predicted molar refractivity (Wildman–Crippen MR) is 69.5 cm³/mol. The second kappa shape index (κ2) is 10.6. The van der Waals surface area contributed by atoms with Crippen LogP contribution in [0.4, 0.5) is 0 Å². The number of rotatable bonds is 2. The van der Waals surface area contributed by atoms with Gasteiger partial charge in [-0.25, -0.2) is 9.97 Å². The average molecular weight is 222 g/mol. The first kappa shape index (κ1) is 17.5. The minimum absolute atomic E-state index is 0.491. The Hall–Kier alpha value is -0.895. The minimum atomic E-state index is 0.491. The molecule has 0 aliphatic carbocycles. The number of hydrogen-bond donors (Lipinski definition) is 1. The van der Waals surface area contributed by atoms with Crippen LogP contribution in [-0.2, 0) is 0 Å². The second-order valence-electron chi connectivity index (χ2n) is 3.68. The third-order valence-corrected chi connectivity index (χ3v) is 1.89. The van der Waals surface area contributed by atoms with Crippen molar-refractivity contribution in [2.24, 2.45) is 0 Å². The van der Waals surface area contributed by atoms with Crippen molar-refractivity contribution >= 4 is 8.05 Å². The summed E-state index contributed by atoms with van der Waals surface area (Å²) in [6.45, 7) is 12.6. The molecule has 1 heterocycles. The van der Waals surface area contributed by atoms with E-state index in [1.54, 1.807) is 6.33 Å². The van der Waals surface area contributed by atoms with Crippen LogP contribution in [0.5, 0.6) is 0 Å². The van der Waals surface area contributed by atoms with Crippen LogP contribution in [0.2, 0.25) is 0 Å². The zero-order valence-electron chi connectivity index (χ0n) is 11.2. The van der Waals surface area contributed by atoms with E-state index in [1.807, 2.05) is 13.8 Å². The molecule has 0 aromatic carbocycles. The lowest BCUT2D eigenvalue weighted by Crippen LogP contribution is -1.98. The maximum Gasteiger partial charge on any atom is 0.277 e. The Balaban J connectivity index is 0. The molecule has 0 saturated heterocycles. The first-order chi connectivity index (χ1) is 7.61. The molecule has 0 bridgehead atoms. The average Bonchev–Trinajstić information content (AvgIpc) is 2.34. The Morgan fingerprint density at radius 1 is 0.938 bits per heavy atom. The molecule has 0 amide bonds. The van der Waals surface area contributed by atoms with Gasteiger partial charge in [0.15, 0.2) is 0 Å². The smallest absolute Gasteiger partial charge is 0.277 e. The summed E-state index contributed by atoms with van der Waals surface area (Å²) in [5.41, 5.74) is 2.27. The van der Waals surface area contributed by atoms with Gasteiger partial charge in [0.25, 0.3) is 8.05 Å². The van der Waals surface area contributed by atoms with Gasteiger partial charge in [0.2, 0.25) is 0 Å². The summed E-state index contributed by atoms with van der Waals surface area (Å²) in [6, 6.07) is 2.09. The van der Waals surface area contributed by atoms with Crippen LogP contribution >= 0.6 is 0 Å². The molecule has 1 rings (SSSR count). The van der Waals surface area contributed by atoms with E-state index in [0.717, 1.165) is 11.4 Å². The van der Waals surface area contributed by atoms with Crippen molar-refractivity contribution in [1.29, 1.82) is 0 Å². The third-order valence-electron chi connectivity index (χ3n) is 1.89. The van der Waals surface area contributed by atoms with E-state index in [4.69, 9.17) is 5.02 Å². The van der Waals surface area contributed by atoms with Crippen molar-refractivity contribution < 1.29 is 5.02 Å². The summed E-state index contributed by atoms with van der Waals surface area (Å²) >= 11 is 0. The minimum Gasteiger partial charge on any atom is -0.461 e. The van der Waals surface area contributed by atoms with Crippen molar-refractivity contribution in [1.82, 2.24) is 9.97 Å². The summed E-state index contributed by atoms with van der Waals surface area (Å²) in [5, 5.41) is 6.50. The Morgan fingerprint density at radius 2 is 1.25 bits per heavy atom. The lowest BCUT2D eigenvalue weighted by molar-refractivity contribution is 0.629. The van der Waals surface area contributed by atoms with Crippen molar-refractivity contribution in [2.45, 2.75) is 53.4 Å². The van der Waals surface area contributed by atoms with Crippen molar-refractivity contribution in [3.8, 4) is 0 Å². The van der Waals surface area contributed by atoms with Gasteiger partial charge in [0, 0.05) is 11.4 Å². The highest BCUT2D eigenvalue weighted by Crippen LogP contribution is 2.15. The Kier molecular flexibility index (Phi) is 11.6. The number of aromatic nitrogens is 2. The van der Waals surface area contributed by atoms with Crippen LogP contribution in [0.3, 0.4) is 0 Å². The largest absolute Gasteiger partial charge is 0.461 e. The molecule has 0 aliphatic heterocycles. The van der Waals surface area contributed by atoms with Crippen molar-refractivity contribution in [3.63, 3.8) is 0 Å². The van der Waals surface area contributed by atoms with E-state index in [-0.39, 0.29) is 0 Å². The lowest BCUT2D eigenvalue weighted by atomic mass is 10.1. The Bertz CT molecular complexity index is 242. The molecular formula is C12H23BN2O. The highest BCUT2D eigenvalue weighted by molar-refractivity contribution is 5.95. The fourth-order valence-electron chi connectivity index (χ4n) is 1.02. The summed E-state index contributed by atoms with van der Waals surface area (Å²) in [7, 11) is 3.50. The molecule has 4 heteroatoms. The standard InChI is InChI=1S/C10H16N2.C2H6.BHO/c1-7(2)9-5-10(8(3)4)12-6-11-9;2*1-2/h5-8H,1-4H3;1-2H3;2H. The summed E-state index contributed by atoms with van der Waals surface area (Å²) < 4.78 is 0. The number of nitrogens with zero attached hydrogens (tertiary/aromatic N) is 2. The van der Waals surface area contributed by atoms with Gasteiger partial charge in [-0.15, -0.1) is 0 Å². The van der Waals surface area contributed by atoms with Crippen LogP contribution in [0.25, 0.3) is 0 Å². The maximum absolute atomic E-state index is 6.50. The van der Waals surface area contributed by atoms with Gasteiger partial charge >= 0.3 is 0 Å². The molecule has 3 nitrogen and oxygen atoms in total. The highest BCUT2D eigenvalue weighted by atomic mass is 16.2. The monoisotopic (exact) mass is 222 g/mol. The van der Waals surface area contributed by atoms with E-state index in [9.17, 15) is 0 Å². The zero-order chi connectivity index (χ0) is 13.1. The van der Waals surface area contributed by atoms with E-state index >= 15 is 0 Å². The van der Waals surface area contributed by atoms with Crippen LogP contribution in [0.15, 0.2) is 12.4 Å². The molecule has 0 spiro atoms. The van der Waals surface area contributed by atoms with Crippen molar-refractivity contribution in [2.75, 3.05) is 0 Å². The zero-order valence-corrected chi connectivity index (χ0v) is 11.2. The summed E-state index contributed by atoms with van der Waals surface area (Å²) in [4.78, 5) is 8.42. The van der Waals surface area contributed by atoms with Crippen molar-refractivity contribution in [3.05, 3.63) is 23.8 Å². The summed E-state index contributed by atoms with van der Waals surface area (Å²) in [5.74, 6) is 0.982. The van der Waals surface area contributed by atoms with Gasteiger partial charge in [-0.2, -0.15) is 0 Å². The SMILES string of the molecule is CC.CC(C)c1cc(C(C)C)ncn1.[B]O. The molecule has 1 aromatic heterocycles. The normalized spacial score (nSPS) is 9.06. The lowest BCUT2D eigenvalue weighted by Gasteiger charge is -2.07. The quantitative estimate of drug-likeness (QED) is 0.782. The van der Waals surface area contributed by atoms with Gasteiger partial charge in [-0.3, -0.25) is 0 Å². The van der Waals surface area contributed by atoms with E-state index in [2.05, 4.69) is 51.8 Å². The van der Waals surface area contributed by atoms with Crippen LogP contribution in [0, 0.1) is 0 Å². The van der Waals surface area contributed by atoms with E-state index < -0.39 is 0 Å². The third kappa shape index (κ3) is 6.56. The van der Waals surface area contributed by atoms with Gasteiger partial charge in [-0.1, -0.05) is 41.5 Å². The molecule has 0 unspecified atom stereocenters. The van der Waals surface area contributed by atoms with Crippen LogP contribution in [-0.4, -0.2) is 23.0 Å². The van der Waals surface area contributed by atoms with Gasteiger partial charge in [0.1, 0.15) is 6.33 Å². The Labute approximate surface area is 101 Å². The van der Waals surface area contributed by atoms with Crippen LogP contribution in [0.1, 0.15) is 64.8 Å². The first-order valence-electron chi connectivity index (χ1n) is 5.69. The molecule has 90 valence electrons. The molecule has 0 aliphatic rings. The van der Waals surface area contributed by atoms with E-state index in [1.165, 1.54) is 0 Å². The molecular weight excluding hydrogens is 199 g/mol. The predicted octanol–water partition coefficient (Wildman–Crippen LogP) is 2.81. The fraction of sp³-hybridized carbons (Fsp3) is 0.667. The van der Waals surface area contributed by atoms with Gasteiger partial charge in [0.05, 0.1) is 0 Å². The maximum atomic E-state index is 6.50. The molecule has 2 radical (unpaired) electrons. The number of hydrogen-bond acceptors (Lipinski definition) is 3. The molecule has 16 heavy (non-hydrogen) atoms. The second-order valence-corrected chi connectivity index (χ2v) is 3.68. The molecule has 0 fully saturated rings. The molecule has 0 saturated carbocycles. The summed E-state index contributed by atoms with van der Waals surface area (Å²) in [6.07, 6.45) is 1.66. The van der Waals surface area contributed by atoms with Gasteiger partial charge in [-0.05, 0) is 17.9 Å².